The van der Waals surface area contributed by atoms with E-state index in [9.17, 15) is 0 Å². The van der Waals surface area contributed by atoms with Crippen LogP contribution in [-0.2, 0) is 0 Å². The van der Waals surface area contributed by atoms with Crippen LogP contribution < -0.4 is 15.5 Å². The van der Waals surface area contributed by atoms with E-state index in [0.29, 0.717) is 5.92 Å². The summed E-state index contributed by atoms with van der Waals surface area (Å²) in [6.45, 7) is 2.99. The Kier molecular flexibility index (Phi) is 2.82. The van der Waals surface area contributed by atoms with Gasteiger partial charge in [0.15, 0.2) is 5.96 Å². The van der Waals surface area contributed by atoms with Gasteiger partial charge in [-0.05, 0) is 23.1 Å². The van der Waals surface area contributed by atoms with Gasteiger partial charge in [-0.25, -0.2) is 0 Å². The number of hydrogen-bond acceptors (Lipinski definition) is 2. The second kappa shape index (κ2) is 4.40. The van der Waals surface area contributed by atoms with E-state index in [0.717, 1.165) is 12.2 Å². The Balaban J connectivity index is 2.30. The Morgan fingerprint density at radius 3 is 2.65 bits per heavy atom. The minimum Gasteiger partial charge on any atom is -0.377 e. The molecule has 2 aromatic rings. The van der Waals surface area contributed by atoms with Crippen molar-refractivity contribution in [1.82, 2.24) is 0 Å². The molecule has 1 unspecified atom stereocenters. The highest BCUT2D eigenvalue weighted by molar-refractivity contribution is 6.04. The average Bonchev–Trinajstić information content (AvgIpc) is 2.76. The minimum absolute atomic E-state index is 0.124. The van der Waals surface area contributed by atoms with Crippen LogP contribution in [0, 0.1) is 5.41 Å². The second-order valence-corrected chi connectivity index (χ2v) is 5.66. The number of anilines is 2. The van der Waals surface area contributed by atoms with Gasteiger partial charge in [0.2, 0.25) is 0 Å². The first-order valence-electron chi connectivity index (χ1n) is 6.85. The number of fused-ring (bicyclic) bond motifs is 3. The molecule has 0 aromatic heterocycles. The monoisotopic (exact) mass is 268 g/mol. The Labute approximate surface area is 119 Å². The molecule has 0 saturated heterocycles. The van der Waals surface area contributed by atoms with Gasteiger partial charge in [-0.1, -0.05) is 25.1 Å². The fraction of sp³-hybridized carbons (Fsp3) is 0.312. The summed E-state index contributed by atoms with van der Waals surface area (Å²) in [6.07, 6.45) is 0. The van der Waals surface area contributed by atoms with Crippen LogP contribution in [0.5, 0.6) is 0 Å². The highest BCUT2D eigenvalue weighted by Crippen LogP contribution is 2.42. The van der Waals surface area contributed by atoms with Gasteiger partial charge in [-0.3, -0.25) is 5.41 Å². The number of rotatable bonds is 1. The van der Waals surface area contributed by atoms with Crippen LogP contribution in [0.4, 0.5) is 11.4 Å². The zero-order chi connectivity index (χ0) is 14.4. The van der Waals surface area contributed by atoms with Crippen molar-refractivity contribution in [3.63, 3.8) is 0 Å². The molecular formula is C16H20N4. The van der Waals surface area contributed by atoms with Gasteiger partial charge in [0.05, 0.1) is 0 Å². The van der Waals surface area contributed by atoms with Crippen molar-refractivity contribution < 1.29 is 0 Å². The van der Waals surface area contributed by atoms with Crippen molar-refractivity contribution in [3.05, 3.63) is 35.9 Å². The molecule has 20 heavy (non-hydrogen) atoms. The third-order valence-corrected chi connectivity index (χ3v) is 4.07. The molecule has 0 radical (unpaired) electrons. The standard InChI is InChI=1S/C16H20N4/c1-10-9-20(16(17)18)14-8-7-11-12(15(10)14)5-4-6-13(11)19(2)3/h4-8,10H,9H2,1-3H3,(H3,17,18). The molecule has 1 aliphatic heterocycles. The van der Waals surface area contributed by atoms with Gasteiger partial charge in [0, 0.05) is 43.3 Å². The van der Waals surface area contributed by atoms with E-state index < -0.39 is 0 Å². The molecule has 4 nitrogen and oxygen atoms in total. The third-order valence-electron chi connectivity index (χ3n) is 4.07. The Bertz CT molecular complexity index is 690. The van der Waals surface area contributed by atoms with Gasteiger partial charge in [-0.2, -0.15) is 0 Å². The van der Waals surface area contributed by atoms with Gasteiger partial charge in [0.25, 0.3) is 0 Å². The second-order valence-electron chi connectivity index (χ2n) is 5.66. The predicted octanol–water partition coefficient (Wildman–Crippen LogP) is 2.72. The first-order chi connectivity index (χ1) is 9.50. The number of nitrogens with two attached hydrogens (primary N) is 1. The largest absolute Gasteiger partial charge is 0.377 e. The zero-order valence-electron chi connectivity index (χ0n) is 12.1. The minimum atomic E-state index is 0.124. The maximum absolute atomic E-state index is 7.73. The maximum Gasteiger partial charge on any atom is 0.192 e. The summed E-state index contributed by atoms with van der Waals surface area (Å²) in [5.41, 5.74) is 9.30. The lowest BCUT2D eigenvalue weighted by Crippen LogP contribution is -2.35. The van der Waals surface area contributed by atoms with Crippen molar-refractivity contribution in [2.75, 3.05) is 30.4 Å². The molecule has 0 saturated carbocycles. The van der Waals surface area contributed by atoms with Crippen LogP contribution in [0.2, 0.25) is 0 Å². The number of benzene rings is 2. The first kappa shape index (κ1) is 12.8. The Morgan fingerprint density at radius 1 is 1.25 bits per heavy atom. The van der Waals surface area contributed by atoms with Crippen LogP contribution in [0.15, 0.2) is 30.3 Å². The number of guanidine groups is 1. The summed E-state index contributed by atoms with van der Waals surface area (Å²) in [7, 11) is 4.13. The van der Waals surface area contributed by atoms with Crippen LogP contribution in [-0.4, -0.2) is 26.6 Å². The van der Waals surface area contributed by atoms with Crippen molar-refractivity contribution in [1.29, 1.82) is 5.41 Å². The van der Waals surface area contributed by atoms with Crippen molar-refractivity contribution in [3.8, 4) is 0 Å². The molecule has 1 atom stereocenters. The molecule has 3 rings (SSSR count). The highest BCUT2D eigenvalue weighted by Gasteiger charge is 2.29. The van der Waals surface area contributed by atoms with Crippen molar-refractivity contribution in [2.24, 2.45) is 5.73 Å². The maximum atomic E-state index is 7.73. The number of nitrogens with zero attached hydrogens (tertiary/aromatic N) is 2. The lowest BCUT2D eigenvalue weighted by atomic mass is 9.95. The summed E-state index contributed by atoms with van der Waals surface area (Å²) < 4.78 is 0. The molecule has 1 aliphatic rings. The molecule has 0 bridgehead atoms. The number of hydrogen-bond donors (Lipinski definition) is 2. The summed E-state index contributed by atoms with van der Waals surface area (Å²) in [4.78, 5) is 4.03. The lowest BCUT2D eigenvalue weighted by molar-refractivity contribution is 0.822. The molecule has 3 N–H and O–H groups in total. The van der Waals surface area contributed by atoms with Crippen LogP contribution >= 0.6 is 0 Å². The third kappa shape index (κ3) is 1.72. The van der Waals surface area contributed by atoms with E-state index in [-0.39, 0.29) is 5.96 Å². The molecule has 104 valence electrons. The highest BCUT2D eigenvalue weighted by atomic mass is 15.2. The zero-order valence-corrected chi connectivity index (χ0v) is 12.1. The van der Waals surface area contributed by atoms with E-state index in [1.54, 1.807) is 0 Å². The molecule has 1 heterocycles. The summed E-state index contributed by atoms with van der Waals surface area (Å²) in [5, 5.41) is 10.3. The van der Waals surface area contributed by atoms with E-state index >= 15 is 0 Å². The predicted molar refractivity (Wildman–Crippen MR) is 86.0 cm³/mol. The Hall–Kier alpha value is -2.23. The molecule has 0 amide bonds. The number of nitrogens with one attached hydrogen (secondary N) is 1. The van der Waals surface area contributed by atoms with Gasteiger partial charge < -0.3 is 15.5 Å². The van der Waals surface area contributed by atoms with Gasteiger partial charge in [0.1, 0.15) is 0 Å². The van der Waals surface area contributed by atoms with Crippen molar-refractivity contribution >= 4 is 28.1 Å². The smallest absolute Gasteiger partial charge is 0.192 e. The molecule has 0 aliphatic carbocycles. The van der Waals surface area contributed by atoms with E-state index in [1.165, 1.54) is 22.0 Å². The molecule has 4 heteroatoms. The fourth-order valence-electron chi connectivity index (χ4n) is 3.19. The van der Waals surface area contributed by atoms with E-state index in [2.05, 4.69) is 56.3 Å². The SMILES string of the molecule is CC1CN(C(=N)N)c2ccc3c(N(C)C)cccc3c21. The summed E-state index contributed by atoms with van der Waals surface area (Å²) in [6, 6.07) is 10.6. The topological polar surface area (TPSA) is 56.4 Å². The van der Waals surface area contributed by atoms with Crippen LogP contribution in [0.3, 0.4) is 0 Å². The summed E-state index contributed by atoms with van der Waals surface area (Å²) in [5.74, 6) is 0.508. The van der Waals surface area contributed by atoms with Crippen LogP contribution in [0.1, 0.15) is 18.4 Å². The quantitative estimate of drug-likeness (QED) is 0.617. The van der Waals surface area contributed by atoms with E-state index in [4.69, 9.17) is 11.1 Å². The van der Waals surface area contributed by atoms with Crippen molar-refractivity contribution in [2.45, 2.75) is 12.8 Å². The molecular weight excluding hydrogens is 248 g/mol. The Morgan fingerprint density at radius 2 is 2.00 bits per heavy atom. The molecule has 0 spiro atoms. The average molecular weight is 268 g/mol. The summed E-state index contributed by atoms with van der Waals surface area (Å²) >= 11 is 0. The lowest BCUT2D eigenvalue weighted by Gasteiger charge is -2.19. The first-order valence-corrected chi connectivity index (χ1v) is 6.85. The normalized spacial score (nSPS) is 17.4. The fourth-order valence-corrected chi connectivity index (χ4v) is 3.19. The molecule has 0 fully saturated rings. The van der Waals surface area contributed by atoms with Crippen LogP contribution in [0.25, 0.3) is 10.8 Å². The molecule has 2 aromatic carbocycles. The van der Waals surface area contributed by atoms with Gasteiger partial charge in [-0.15, -0.1) is 0 Å². The van der Waals surface area contributed by atoms with E-state index in [1.807, 2.05) is 4.90 Å². The van der Waals surface area contributed by atoms with Gasteiger partial charge >= 0.3 is 0 Å².